The van der Waals surface area contributed by atoms with Crippen LogP contribution in [0.5, 0.6) is 17.2 Å². The number of aliphatic hydroxyl groups excluding tert-OH is 1. The van der Waals surface area contributed by atoms with Gasteiger partial charge in [-0.05, 0) is 54.4 Å². The van der Waals surface area contributed by atoms with Gasteiger partial charge in [-0.2, -0.15) is 0 Å². The zero-order valence-electron chi connectivity index (χ0n) is 20.9. The number of anilines is 1. The van der Waals surface area contributed by atoms with Crippen molar-refractivity contribution in [2.45, 2.75) is 43.6 Å². The molecule has 1 amide bonds. The Bertz CT molecular complexity index is 1380. The fourth-order valence-electron chi connectivity index (χ4n) is 4.95. The molecule has 5 rings (SSSR count). The van der Waals surface area contributed by atoms with Crippen LogP contribution in [0.2, 0.25) is 0 Å². The molecule has 38 heavy (non-hydrogen) atoms. The van der Waals surface area contributed by atoms with Crippen molar-refractivity contribution in [3.05, 3.63) is 83.9 Å². The van der Waals surface area contributed by atoms with E-state index in [0.717, 1.165) is 23.1 Å². The lowest BCUT2D eigenvalue weighted by atomic mass is 9.84. The molecule has 2 aliphatic heterocycles. The Morgan fingerprint density at radius 3 is 2.50 bits per heavy atom. The van der Waals surface area contributed by atoms with E-state index in [0.29, 0.717) is 30.2 Å². The van der Waals surface area contributed by atoms with E-state index in [1.807, 2.05) is 54.6 Å². The fraction of sp³-hybridized carbons (Fsp3) is 0.321. The summed E-state index contributed by atoms with van der Waals surface area (Å²) in [5.41, 5.74) is 2.21. The third kappa shape index (κ3) is 6.27. The zero-order chi connectivity index (χ0) is 26.7. The number of hydrogen-bond acceptors (Lipinski definition) is 7. The van der Waals surface area contributed by atoms with E-state index in [-0.39, 0.29) is 24.9 Å². The van der Waals surface area contributed by atoms with Gasteiger partial charge in [-0.25, -0.2) is 8.42 Å². The molecule has 200 valence electrons. The first-order valence-electron chi connectivity index (χ1n) is 12.4. The summed E-state index contributed by atoms with van der Waals surface area (Å²) in [5.74, 6) is 1.79. The number of carbonyl (C=O) groups is 1. The molecule has 0 aliphatic carbocycles. The lowest BCUT2D eigenvalue weighted by molar-refractivity contribution is -0.142. The predicted molar refractivity (Wildman–Crippen MR) is 142 cm³/mol. The molecule has 2 heterocycles. The van der Waals surface area contributed by atoms with Crippen molar-refractivity contribution >= 4 is 21.6 Å². The van der Waals surface area contributed by atoms with Gasteiger partial charge >= 0.3 is 0 Å². The van der Waals surface area contributed by atoms with Crippen LogP contribution in [0.4, 0.5) is 5.69 Å². The number of nitrogens with one attached hydrogen (secondary N) is 2. The number of para-hydroxylation sites is 1. The minimum Gasteiger partial charge on any atom is -0.487 e. The highest BCUT2D eigenvalue weighted by atomic mass is 32.2. The van der Waals surface area contributed by atoms with Crippen LogP contribution in [0.15, 0.2) is 72.8 Å². The van der Waals surface area contributed by atoms with Crippen molar-refractivity contribution in [1.82, 2.24) is 5.32 Å². The normalized spacial score (nSPS) is 22.1. The van der Waals surface area contributed by atoms with Crippen molar-refractivity contribution in [2.24, 2.45) is 0 Å². The summed E-state index contributed by atoms with van der Waals surface area (Å²) in [4.78, 5) is 12.7. The van der Waals surface area contributed by atoms with Gasteiger partial charge in [0.25, 0.3) is 0 Å². The van der Waals surface area contributed by atoms with Crippen molar-refractivity contribution in [1.29, 1.82) is 0 Å². The topological polar surface area (TPSA) is 123 Å². The van der Waals surface area contributed by atoms with Crippen molar-refractivity contribution in [2.75, 3.05) is 17.6 Å². The summed E-state index contributed by atoms with van der Waals surface area (Å²) >= 11 is 0. The molecule has 3 N–H and O–H groups in total. The molecule has 0 radical (unpaired) electrons. The van der Waals surface area contributed by atoms with Gasteiger partial charge in [0.15, 0.2) is 0 Å². The lowest BCUT2D eigenvalue weighted by Crippen LogP contribution is -2.47. The van der Waals surface area contributed by atoms with Crippen LogP contribution in [0, 0.1) is 0 Å². The van der Waals surface area contributed by atoms with E-state index in [4.69, 9.17) is 14.2 Å². The van der Waals surface area contributed by atoms with Gasteiger partial charge in [-0.15, -0.1) is 0 Å². The van der Waals surface area contributed by atoms with Gasteiger partial charge < -0.3 is 24.6 Å². The van der Waals surface area contributed by atoms with E-state index in [1.54, 1.807) is 18.2 Å². The number of hydrogen-bond donors (Lipinski definition) is 3. The fourth-order valence-corrected chi connectivity index (χ4v) is 5.50. The second kappa shape index (κ2) is 11.0. The van der Waals surface area contributed by atoms with E-state index >= 15 is 0 Å². The molecule has 9 nitrogen and oxygen atoms in total. The number of fused-ring (bicyclic) bond motifs is 3. The number of ether oxygens (including phenoxy) is 3. The molecule has 4 atom stereocenters. The highest BCUT2D eigenvalue weighted by Crippen LogP contribution is 2.47. The van der Waals surface area contributed by atoms with E-state index in [1.165, 1.54) is 0 Å². The van der Waals surface area contributed by atoms with Crippen molar-refractivity contribution in [3.8, 4) is 17.2 Å². The Labute approximate surface area is 221 Å². The highest BCUT2D eigenvalue weighted by molar-refractivity contribution is 7.92. The van der Waals surface area contributed by atoms with Crippen LogP contribution < -0.4 is 19.5 Å². The summed E-state index contributed by atoms with van der Waals surface area (Å²) in [5, 5.41) is 12.9. The maximum absolute atomic E-state index is 12.7. The zero-order valence-corrected chi connectivity index (χ0v) is 21.7. The van der Waals surface area contributed by atoms with Crippen LogP contribution in [0.3, 0.4) is 0 Å². The molecule has 2 aliphatic rings. The Kier molecular flexibility index (Phi) is 7.55. The van der Waals surface area contributed by atoms with Crippen LogP contribution in [0.1, 0.15) is 29.9 Å². The van der Waals surface area contributed by atoms with Crippen LogP contribution in [0.25, 0.3) is 0 Å². The van der Waals surface area contributed by atoms with Gasteiger partial charge in [0.2, 0.25) is 15.9 Å². The van der Waals surface area contributed by atoms with Crippen molar-refractivity contribution in [3.63, 3.8) is 0 Å². The molecule has 0 bridgehead atoms. The average Bonchev–Trinajstić information content (AvgIpc) is 3.25. The average molecular weight is 539 g/mol. The molecular weight excluding hydrogens is 508 g/mol. The molecule has 1 fully saturated rings. The number of benzene rings is 3. The van der Waals surface area contributed by atoms with Gasteiger partial charge in [0.1, 0.15) is 29.5 Å². The van der Waals surface area contributed by atoms with E-state index in [2.05, 4.69) is 10.0 Å². The first kappa shape index (κ1) is 26.0. The molecule has 10 heteroatoms. The molecular formula is C28H30N2O7S. The molecule has 3 aromatic rings. The van der Waals surface area contributed by atoms with Crippen LogP contribution >= 0.6 is 0 Å². The van der Waals surface area contributed by atoms with Crippen LogP contribution in [-0.2, 0) is 26.1 Å². The monoisotopic (exact) mass is 538 g/mol. The second-order valence-corrected chi connectivity index (χ2v) is 11.3. The van der Waals surface area contributed by atoms with Gasteiger partial charge in [0, 0.05) is 23.7 Å². The molecule has 1 saturated heterocycles. The lowest BCUT2D eigenvalue weighted by Gasteiger charge is -2.37. The van der Waals surface area contributed by atoms with Gasteiger partial charge in [-0.3, -0.25) is 9.52 Å². The molecule has 0 spiro atoms. The summed E-state index contributed by atoms with van der Waals surface area (Å²) in [6.07, 6.45) is 0.316. The first-order chi connectivity index (χ1) is 18.3. The molecule has 0 aromatic heterocycles. The summed E-state index contributed by atoms with van der Waals surface area (Å²) in [6, 6.07) is 22.1. The largest absolute Gasteiger partial charge is 0.487 e. The quantitative estimate of drug-likeness (QED) is 0.381. The number of rotatable bonds is 9. The Morgan fingerprint density at radius 2 is 1.79 bits per heavy atom. The highest BCUT2D eigenvalue weighted by Gasteiger charge is 2.46. The smallest absolute Gasteiger partial charge is 0.229 e. The SMILES string of the molecule is CS(=O)(=O)Nc1ccc2c(c1)[C@@H]1C[C@@H](CC(=O)NCc3ccc(Oc4ccccc4)cc3)O[C@@H](CO)[C@@H]1O2. The third-order valence-electron chi connectivity index (χ3n) is 6.61. The van der Waals surface area contributed by atoms with E-state index in [9.17, 15) is 18.3 Å². The maximum Gasteiger partial charge on any atom is 0.229 e. The molecule has 3 aromatic carbocycles. The van der Waals surface area contributed by atoms with E-state index < -0.39 is 28.3 Å². The Balaban J connectivity index is 1.18. The third-order valence-corrected chi connectivity index (χ3v) is 7.21. The number of aliphatic hydroxyl groups is 1. The minimum atomic E-state index is -3.43. The number of sulfonamides is 1. The first-order valence-corrected chi connectivity index (χ1v) is 14.3. The van der Waals surface area contributed by atoms with Crippen LogP contribution in [-0.4, -0.2) is 50.6 Å². The number of carbonyl (C=O) groups excluding carboxylic acids is 1. The summed E-state index contributed by atoms with van der Waals surface area (Å²) in [6.45, 7) is 0.109. The predicted octanol–water partition coefficient (Wildman–Crippen LogP) is 3.55. The van der Waals surface area contributed by atoms with Gasteiger partial charge in [-0.1, -0.05) is 30.3 Å². The molecule has 0 saturated carbocycles. The Morgan fingerprint density at radius 1 is 1.05 bits per heavy atom. The van der Waals surface area contributed by atoms with Crippen molar-refractivity contribution < 1.29 is 32.5 Å². The molecule has 0 unspecified atom stereocenters. The van der Waals surface area contributed by atoms with Gasteiger partial charge in [0.05, 0.1) is 25.4 Å². The Hall–Kier alpha value is -3.60. The number of amides is 1. The maximum atomic E-state index is 12.7. The standard InChI is InChI=1S/C28H30N2O7S/c1-38(33,34)30-19-9-12-25-23(13-19)24-14-22(36-26(17-31)28(24)37-25)15-27(32)29-16-18-7-10-21(11-8-18)35-20-5-3-2-4-6-20/h2-13,22,24,26,28,30-31H,14-17H2,1H3,(H,29,32)/t22-,24-,26-,28+/m0/s1. The summed E-state index contributed by atoms with van der Waals surface area (Å²) < 4.78 is 43.7. The summed E-state index contributed by atoms with van der Waals surface area (Å²) in [7, 11) is -3.43. The second-order valence-electron chi connectivity index (χ2n) is 9.57. The minimum absolute atomic E-state index is 0.130.